The Balaban J connectivity index is 1.73. The number of hydrogen-bond donors (Lipinski definition) is 0. The molecule has 0 spiro atoms. The fourth-order valence-electron chi connectivity index (χ4n) is 2.59. The van der Waals surface area contributed by atoms with Crippen LogP contribution in [-0.2, 0) is 14.3 Å². The van der Waals surface area contributed by atoms with Crippen molar-refractivity contribution < 1.29 is 33.3 Å². The van der Waals surface area contributed by atoms with E-state index in [9.17, 15) is 14.4 Å². The zero-order chi connectivity index (χ0) is 20.1. The lowest BCUT2D eigenvalue weighted by molar-refractivity contribution is -0.145. The highest BCUT2D eigenvalue weighted by Crippen LogP contribution is 2.34. The zero-order valence-electron chi connectivity index (χ0n) is 15.4. The van der Waals surface area contributed by atoms with Gasteiger partial charge in [-0.1, -0.05) is 12.1 Å². The van der Waals surface area contributed by atoms with Crippen molar-refractivity contribution in [3.05, 3.63) is 64.9 Å². The summed E-state index contributed by atoms with van der Waals surface area (Å²) < 4.78 is 20.4. The minimum Gasteiger partial charge on any atom is -0.482 e. The molecule has 0 aliphatic carbocycles. The number of methoxy groups -OCH3 is 1. The average molecular weight is 382 g/mol. The molecular formula is C21H18O7. The van der Waals surface area contributed by atoms with Crippen LogP contribution in [0.4, 0.5) is 0 Å². The minimum atomic E-state index is -0.476. The van der Waals surface area contributed by atoms with Gasteiger partial charge in [-0.05, 0) is 42.8 Å². The van der Waals surface area contributed by atoms with Gasteiger partial charge in [0, 0.05) is 6.07 Å². The van der Waals surface area contributed by atoms with Crippen LogP contribution in [0.1, 0.15) is 33.2 Å². The highest BCUT2D eigenvalue weighted by Gasteiger charge is 2.27. The van der Waals surface area contributed by atoms with Crippen molar-refractivity contribution in [1.82, 2.24) is 0 Å². The van der Waals surface area contributed by atoms with Gasteiger partial charge in [0.2, 0.25) is 5.78 Å². The fraction of sp³-hybridized carbons (Fsp3) is 0.190. The Labute approximate surface area is 161 Å². The van der Waals surface area contributed by atoms with E-state index >= 15 is 0 Å². The Morgan fingerprint density at radius 1 is 1.11 bits per heavy atom. The first-order chi connectivity index (χ1) is 13.5. The summed E-state index contributed by atoms with van der Waals surface area (Å²) in [6.07, 6.45) is 1.59. The SMILES string of the molecule is CCOC(=O)COc1ccc2c(c1)OC(=Cc1ccc(C(=O)OC)cc1)C2=O. The van der Waals surface area contributed by atoms with E-state index in [1.165, 1.54) is 7.11 Å². The summed E-state index contributed by atoms with van der Waals surface area (Å²) in [5, 5.41) is 0. The van der Waals surface area contributed by atoms with Gasteiger partial charge >= 0.3 is 11.9 Å². The molecule has 2 aromatic rings. The third kappa shape index (κ3) is 4.20. The quantitative estimate of drug-likeness (QED) is 0.560. The normalized spacial score (nSPS) is 13.6. The predicted octanol–water partition coefficient (Wildman–Crippen LogP) is 3.03. The van der Waals surface area contributed by atoms with Gasteiger partial charge in [-0.3, -0.25) is 4.79 Å². The minimum absolute atomic E-state index is 0.156. The number of benzene rings is 2. The van der Waals surface area contributed by atoms with Crippen molar-refractivity contribution in [1.29, 1.82) is 0 Å². The average Bonchev–Trinajstić information content (AvgIpc) is 3.01. The van der Waals surface area contributed by atoms with E-state index in [2.05, 4.69) is 4.74 Å². The Morgan fingerprint density at radius 3 is 2.54 bits per heavy atom. The Bertz CT molecular complexity index is 942. The molecule has 0 unspecified atom stereocenters. The van der Waals surface area contributed by atoms with Crippen molar-refractivity contribution in [2.24, 2.45) is 0 Å². The van der Waals surface area contributed by atoms with Gasteiger partial charge in [0.15, 0.2) is 12.4 Å². The summed E-state index contributed by atoms with van der Waals surface area (Å²) in [5.74, 6) is -0.273. The molecule has 0 saturated carbocycles. The standard InChI is InChI=1S/C21H18O7/c1-3-26-19(22)12-27-15-8-9-16-17(11-15)28-18(20(16)23)10-13-4-6-14(7-5-13)21(24)25-2/h4-11H,3,12H2,1-2H3. The van der Waals surface area contributed by atoms with Crippen LogP contribution in [0, 0.1) is 0 Å². The number of fused-ring (bicyclic) bond motifs is 1. The van der Waals surface area contributed by atoms with Gasteiger partial charge in [-0.25, -0.2) is 9.59 Å². The van der Waals surface area contributed by atoms with Crippen LogP contribution in [-0.4, -0.2) is 38.0 Å². The lowest BCUT2D eigenvalue weighted by Gasteiger charge is -2.06. The first-order valence-electron chi connectivity index (χ1n) is 8.57. The lowest BCUT2D eigenvalue weighted by Crippen LogP contribution is -2.14. The van der Waals surface area contributed by atoms with Crippen LogP contribution in [0.3, 0.4) is 0 Å². The maximum Gasteiger partial charge on any atom is 0.344 e. The maximum atomic E-state index is 12.5. The second kappa shape index (κ2) is 8.39. The number of esters is 2. The van der Waals surface area contributed by atoms with E-state index in [4.69, 9.17) is 14.2 Å². The van der Waals surface area contributed by atoms with Crippen molar-refractivity contribution >= 4 is 23.8 Å². The molecule has 2 aromatic carbocycles. The zero-order valence-corrected chi connectivity index (χ0v) is 15.4. The Morgan fingerprint density at radius 2 is 1.86 bits per heavy atom. The maximum absolute atomic E-state index is 12.5. The molecule has 0 amide bonds. The number of rotatable bonds is 6. The number of allylic oxidation sites excluding steroid dienone is 1. The molecule has 144 valence electrons. The molecule has 7 heteroatoms. The highest BCUT2D eigenvalue weighted by atomic mass is 16.6. The first-order valence-corrected chi connectivity index (χ1v) is 8.57. The number of hydrogen-bond acceptors (Lipinski definition) is 7. The number of Topliss-reactive ketones (excluding diaryl/α,β-unsaturated/α-hetero) is 1. The molecule has 0 saturated heterocycles. The van der Waals surface area contributed by atoms with E-state index in [0.717, 1.165) is 0 Å². The molecule has 0 radical (unpaired) electrons. The summed E-state index contributed by atoms with van der Waals surface area (Å²) in [7, 11) is 1.31. The monoisotopic (exact) mass is 382 g/mol. The van der Waals surface area contributed by atoms with Crippen LogP contribution in [0.25, 0.3) is 6.08 Å². The van der Waals surface area contributed by atoms with Crippen LogP contribution >= 0.6 is 0 Å². The molecule has 0 aromatic heterocycles. The summed E-state index contributed by atoms with van der Waals surface area (Å²) in [6.45, 7) is 1.76. The topological polar surface area (TPSA) is 88.1 Å². The highest BCUT2D eigenvalue weighted by molar-refractivity contribution is 6.14. The van der Waals surface area contributed by atoms with E-state index in [1.807, 2.05) is 0 Å². The largest absolute Gasteiger partial charge is 0.482 e. The molecule has 0 atom stereocenters. The predicted molar refractivity (Wildman–Crippen MR) is 99.3 cm³/mol. The summed E-state index contributed by atoms with van der Waals surface area (Å²) in [5.41, 5.74) is 1.51. The van der Waals surface area contributed by atoms with Crippen LogP contribution in [0.2, 0.25) is 0 Å². The van der Waals surface area contributed by atoms with E-state index in [1.54, 1.807) is 55.5 Å². The Hall–Kier alpha value is -3.61. The molecule has 1 aliphatic rings. The molecule has 3 rings (SSSR count). The number of carbonyl (C=O) groups is 3. The fourth-order valence-corrected chi connectivity index (χ4v) is 2.59. The molecule has 0 bridgehead atoms. The van der Waals surface area contributed by atoms with Gasteiger partial charge in [0.05, 0.1) is 24.8 Å². The number of ketones is 1. The van der Waals surface area contributed by atoms with Crippen molar-refractivity contribution in [2.75, 3.05) is 20.3 Å². The number of carbonyl (C=O) groups excluding carboxylic acids is 3. The van der Waals surface area contributed by atoms with E-state index in [-0.39, 0.29) is 24.8 Å². The van der Waals surface area contributed by atoms with Gasteiger partial charge < -0.3 is 18.9 Å². The molecule has 0 fully saturated rings. The summed E-state index contributed by atoms with van der Waals surface area (Å²) >= 11 is 0. The Kier molecular flexibility index (Phi) is 5.74. The van der Waals surface area contributed by atoms with Gasteiger partial charge in [-0.15, -0.1) is 0 Å². The van der Waals surface area contributed by atoms with Gasteiger partial charge in [-0.2, -0.15) is 0 Å². The van der Waals surface area contributed by atoms with Crippen LogP contribution < -0.4 is 9.47 Å². The third-order valence-corrected chi connectivity index (χ3v) is 3.93. The number of ether oxygens (including phenoxy) is 4. The molecule has 1 aliphatic heterocycles. The summed E-state index contributed by atoms with van der Waals surface area (Å²) in [4.78, 5) is 35.4. The molecule has 0 N–H and O–H groups in total. The lowest BCUT2D eigenvalue weighted by atomic mass is 10.1. The second-order valence-corrected chi connectivity index (χ2v) is 5.81. The van der Waals surface area contributed by atoms with Crippen LogP contribution in [0.5, 0.6) is 11.5 Å². The first kappa shape index (κ1) is 19.2. The molecule has 28 heavy (non-hydrogen) atoms. The molecule has 7 nitrogen and oxygen atoms in total. The van der Waals surface area contributed by atoms with E-state index in [0.29, 0.717) is 28.2 Å². The van der Waals surface area contributed by atoms with Gasteiger partial charge in [0.25, 0.3) is 0 Å². The molecule has 1 heterocycles. The van der Waals surface area contributed by atoms with E-state index < -0.39 is 11.9 Å². The van der Waals surface area contributed by atoms with Crippen molar-refractivity contribution in [3.63, 3.8) is 0 Å². The third-order valence-electron chi connectivity index (χ3n) is 3.93. The van der Waals surface area contributed by atoms with Crippen LogP contribution in [0.15, 0.2) is 48.2 Å². The van der Waals surface area contributed by atoms with Gasteiger partial charge in [0.1, 0.15) is 11.5 Å². The van der Waals surface area contributed by atoms with Crippen molar-refractivity contribution in [3.8, 4) is 11.5 Å². The smallest absolute Gasteiger partial charge is 0.344 e. The second-order valence-electron chi connectivity index (χ2n) is 5.81. The summed E-state index contributed by atoms with van der Waals surface area (Å²) in [6, 6.07) is 11.3. The molecular weight excluding hydrogens is 364 g/mol. The van der Waals surface area contributed by atoms with Crippen molar-refractivity contribution in [2.45, 2.75) is 6.92 Å².